The molecule has 3 aromatic carbocycles. The standard InChI is InChI=1S/C66H2.C27H25BrN2O2/c1-3-5-7-9-11-13-15-17-19-21-23-25-27-29-31-33-35-37-39-41-43-45-47-49-51-53-55-57-59-61-63-65-66-64-62-60-58-56-54-52-50-48-46-44-42-40-38-36-34-32-30-28-26-24-22-20-18-16-14-12-10-8-6-4-2;1-31-26-14-21-18(12-27(26)32-16-17-6-8-19(28)9-7-17)10-11-30-15-24-22(13-25(21)30)20-4-2-3-5-23(20)29-24/h1-2H;2-9,12,14,25,29H,10-11,13,15-16H2,1H3. The van der Waals surface area contributed by atoms with Crippen LogP contribution in [0.5, 0.6) is 11.5 Å². The van der Waals surface area contributed by atoms with Crippen LogP contribution in [0.25, 0.3) is 10.9 Å². The predicted octanol–water partition coefficient (Wildman–Crippen LogP) is 6.53. The van der Waals surface area contributed by atoms with E-state index in [9.17, 15) is 0 Å². The van der Waals surface area contributed by atoms with E-state index in [4.69, 9.17) is 22.3 Å². The van der Waals surface area contributed by atoms with Crippen molar-refractivity contribution in [2.75, 3.05) is 13.7 Å². The molecule has 1 atom stereocenters. The average Bonchev–Trinajstić information content (AvgIpc) is 1.48. The Morgan fingerprint density at radius 3 is 1.01 bits per heavy atom. The van der Waals surface area contributed by atoms with Gasteiger partial charge >= 0.3 is 0 Å². The molecule has 5 heteroatoms. The SMILES string of the molecule is C#CC#CC#CC#CC#CC#CC#CC#CC#CC#CC#CC#CC#CC#CC#CC#CC#CC#CC#CC#CC#CC#CC#CC#CC#CC#CC#CC#CC#CC#CC#CC#CC#C.COc1cc2c(cc1OCc1ccc(Br)cc1)CCN1Cc3[nH]c4ccccc4c3CC21. The van der Waals surface area contributed by atoms with Crippen LogP contribution in [0.3, 0.4) is 0 Å². The molecule has 0 radical (unpaired) electrons. The third kappa shape index (κ3) is 31.6. The molecule has 98 heavy (non-hydrogen) atoms. The Morgan fingerprint density at radius 2 is 0.704 bits per heavy atom. The van der Waals surface area contributed by atoms with Gasteiger partial charge in [-0.1, -0.05) is 46.3 Å². The Bertz CT molecular complexity index is 5970. The highest BCUT2D eigenvalue weighted by Gasteiger charge is 2.34. The van der Waals surface area contributed by atoms with Crippen LogP contribution in [0.1, 0.15) is 34.0 Å². The van der Waals surface area contributed by atoms with E-state index >= 15 is 0 Å². The molecule has 0 bridgehead atoms. The number of aromatic amines is 1. The number of benzene rings is 3. The van der Waals surface area contributed by atoms with Crippen molar-refractivity contribution < 1.29 is 9.47 Å². The van der Waals surface area contributed by atoms with Gasteiger partial charge in [-0.15, -0.1) is 12.8 Å². The number of fused-ring (bicyclic) bond motifs is 6. The number of methoxy groups -OCH3 is 1. The third-order valence-electron chi connectivity index (χ3n) is 10.8. The van der Waals surface area contributed by atoms with Crippen molar-refractivity contribution in [2.45, 2.75) is 32.0 Å². The summed E-state index contributed by atoms with van der Waals surface area (Å²) in [6, 6.07) is 21.7. The fourth-order valence-electron chi connectivity index (χ4n) is 7.17. The largest absolute Gasteiger partial charge is 0.493 e. The number of ether oxygens (including phenoxy) is 2. The van der Waals surface area contributed by atoms with Crippen molar-refractivity contribution in [3.8, 4) is 403 Å². The summed E-state index contributed by atoms with van der Waals surface area (Å²) in [6.45, 7) is 2.56. The molecular formula is C93H27BrN2O2. The summed E-state index contributed by atoms with van der Waals surface area (Å²) in [4.78, 5) is 6.25. The molecule has 4 aromatic rings. The van der Waals surface area contributed by atoms with Gasteiger partial charge < -0.3 is 14.5 Å². The Kier molecular flexibility index (Phi) is 35.5. The highest BCUT2D eigenvalue weighted by molar-refractivity contribution is 9.10. The second-order valence-electron chi connectivity index (χ2n) is 16.7. The minimum Gasteiger partial charge on any atom is -0.493 e. The molecular weight excluding hydrogens is 1260 g/mol. The molecule has 0 amide bonds. The van der Waals surface area contributed by atoms with Crippen molar-refractivity contribution in [1.82, 2.24) is 9.88 Å². The van der Waals surface area contributed by atoms with Gasteiger partial charge in [0.05, 0.1) is 7.11 Å². The first-order chi connectivity index (χ1) is 48.6. The molecule has 428 valence electrons. The summed E-state index contributed by atoms with van der Waals surface area (Å²) in [7, 11) is 1.73. The lowest BCUT2D eigenvalue weighted by atomic mass is 9.85. The van der Waals surface area contributed by atoms with Crippen molar-refractivity contribution in [3.63, 3.8) is 0 Å². The van der Waals surface area contributed by atoms with Crippen LogP contribution in [0.2, 0.25) is 0 Å². The van der Waals surface area contributed by atoms with E-state index < -0.39 is 0 Å². The summed E-state index contributed by atoms with van der Waals surface area (Å²) >= 11 is 3.49. The number of para-hydroxylation sites is 1. The molecule has 4 nitrogen and oxygen atoms in total. The fourth-order valence-corrected chi connectivity index (χ4v) is 7.44. The number of aromatic nitrogens is 1. The van der Waals surface area contributed by atoms with E-state index in [1.165, 1.54) is 33.3 Å². The Hall–Kier alpha value is -17.3. The maximum absolute atomic E-state index is 6.20. The maximum atomic E-state index is 6.20. The summed E-state index contributed by atoms with van der Waals surface area (Å²) in [5.41, 5.74) is 7.96. The average molecular weight is 1280 g/mol. The number of H-pyrrole nitrogens is 1. The summed E-state index contributed by atoms with van der Waals surface area (Å²) in [5, 5.41) is 1.36. The molecule has 6 rings (SSSR count). The van der Waals surface area contributed by atoms with Crippen LogP contribution in [-0.4, -0.2) is 23.5 Å². The molecule has 2 aliphatic heterocycles. The molecule has 0 saturated heterocycles. The van der Waals surface area contributed by atoms with E-state index in [0.717, 1.165) is 47.5 Å². The van der Waals surface area contributed by atoms with E-state index in [0.29, 0.717) is 12.6 Å². The Labute approximate surface area is 584 Å². The fraction of sp³-hybridized carbons (Fsp3) is 0.0753. The van der Waals surface area contributed by atoms with E-state index in [1.54, 1.807) is 7.11 Å². The van der Waals surface area contributed by atoms with Crippen molar-refractivity contribution in [1.29, 1.82) is 0 Å². The third-order valence-corrected chi connectivity index (χ3v) is 11.3. The molecule has 0 aliphatic carbocycles. The minimum atomic E-state index is 0.375. The number of nitrogens with zero attached hydrogens (tertiary/aromatic N) is 1. The lowest BCUT2D eigenvalue weighted by molar-refractivity contribution is 0.158. The van der Waals surface area contributed by atoms with Gasteiger partial charge in [0.1, 0.15) is 6.61 Å². The summed E-state index contributed by atoms with van der Waals surface area (Å²) < 4.78 is 13.0. The second kappa shape index (κ2) is 48.7. The molecule has 0 fully saturated rings. The van der Waals surface area contributed by atoms with Crippen LogP contribution in [0, 0.1) is 392 Å². The minimum absolute atomic E-state index is 0.375. The first-order valence-electron chi connectivity index (χ1n) is 27.4. The molecule has 0 spiro atoms. The quantitative estimate of drug-likeness (QED) is 0.237. The molecule has 1 N–H and O–H groups in total. The lowest BCUT2D eigenvalue weighted by Crippen LogP contribution is -2.39. The first-order valence-corrected chi connectivity index (χ1v) is 28.2. The van der Waals surface area contributed by atoms with E-state index in [2.05, 4.69) is 453 Å². The van der Waals surface area contributed by atoms with Gasteiger partial charge in [-0.2, -0.15) is 0 Å². The van der Waals surface area contributed by atoms with Gasteiger partial charge in [-0.05, 0) is 160 Å². The van der Waals surface area contributed by atoms with Gasteiger partial charge in [0.2, 0.25) is 0 Å². The zero-order chi connectivity index (χ0) is 68.9. The van der Waals surface area contributed by atoms with Crippen LogP contribution in [-0.2, 0) is 26.0 Å². The molecule has 3 heterocycles. The first kappa shape index (κ1) is 71.5. The zero-order valence-corrected chi connectivity index (χ0v) is 52.8. The number of rotatable bonds is 4. The number of halogens is 1. The van der Waals surface area contributed by atoms with Gasteiger partial charge in [0.25, 0.3) is 0 Å². The highest BCUT2D eigenvalue weighted by Crippen LogP contribution is 2.44. The molecule has 2 aliphatic rings. The molecule has 1 unspecified atom stereocenters. The summed E-state index contributed by atoms with van der Waals surface area (Å²) in [5.74, 6) is 160. The zero-order valence-electron chi connectivity index (χ0n) is 51.2. The van der Waals surface area contributed by atoms with Crippen molar-refractivity contribution >= 4 is 26.8 Å². The number of hydrogen-bond donors (Lipinski definition) is 1. The van der Waals surface area contributed by atoms with E-state index in [1.807, 2.05) is 12.1 Å². The smallest absolute Gasteiger partial charge is 0.161 e. The van der Waals surface area contributed by atoms with Gasteiger partial charge in [0, 0.05) is 324 Å². The van der Waals surface area contributed by atoms with Crippen molar-refractivity contribution in [2.24, 2.45) is 0 Å². The molecule has 1 aromatic heterocycles. The monoisotopic (exact) mass is 1280 g/mol. The van der Waals surface area contributed by atoms with Crippen molar-refractivity contribution in [3.05, 3.63) is 93.1 Å². The second-order valence-corrected chi connectivity index (χ2v) is 17.6. The summed E-state index contributed by atoms with van der Waals surface area (Å²) in [6.07, 6.45) is 11.9. The van der Waals surface area contributed by atoms with Crippen LogP contribution < -0.4 is 9.47 Å². The van der Waals surface area contributed by atoms with Crippen LogP contribution in [0.15, 0.2) is 65.1 Å². The topological polar surface area (TPSA) is 37.5 Å². The Balaban J connectivity index is 0.000000441. The molecule has 0 saturated carbocycles. The highest BCUT2D eigenvalue weighted by atomic mass is 79.9. The van der Waals surface area contributed by atoms with Gasteiger partial charge in [0.15, 0.2) is 11.5 Å². The van der Waals surface area contributed by atoms with Crippen LogP contribution >= 0.6 is 15.9 Å². The maximum Gasteiger partial charge on any atom is 0.161 e. The Morgan fingerprint density at radius 1 is 0.398 bits per heavy atom. The van der Waals surface area contributed by atoms with Gasteiger partial charge in [-0.3, -0.25) is 4.90 Å². The number of terminal acetylenes is 2. The normalized spacial score (nSPS) is 8.35. The predicted molar refractivity (Wildman–Crippen MR) is 389 cm³/mol. The van der Waals surface area contributed by atoms with Gasteiger partial charge in [-0.25, -0.2) is 0 Å². The lowest BCUT2D eigenvalue weighted by Gasteiger charge is -2.40. The van der Waals surface area contributed by atoms with E-state index in [-0.39, 0.29) is 0 Å². The number of nitrogens with one attached hydrogen (secondary N) is 1. The number of hydrogen-bond acceptors (Lipinski definition) is 3. The van der Waals surface area contributed by atoms with Crippen LogP contribution in [0.4, 0.5) is 0 Å².